The van der Waals surface area contributed by atoms with Gasteiger partial charge in [-0.05, 0) is 30.5 Å². The van der Waals surface area contributed by atoms with Crippen molar-refractivity contribution in [1.29, 1.82) is 0 Å². The van der Waals surface area contributed by atoms with Crippen LogP contribution >= 0.6 is 11.3 Å². The smallest absolute Gasteiger partial charge is 0.350 e. The van der Waals surface area contributed by atoms with Gasteiger partial charge in [0.1, 0.15) is 4.88 Å². The molecule has 0 atom stereocenters. The van der Waals surface area contributed by atoms with E-state index in [1.54, 1.807) is 29.6 Å². The molecule has 0 aliphatic heterocycles. The van der Waals surface area contributed by atoms with Crippen LogP contribution in [0.15, 0.2) is 35.7 Å². The number of nitrogens with one attached hydrogen (secondary N) is 1. The van der Waals surface area contributed by atoms with E-state index >= 15 is 0 Å². The maximum absolute atomic E-state index is 12.0. The summed E-state index contributed by atoms with van der Waals surface area (Å²) < 4.78 is 15.6. The van der Waals surface area contributed by atoms with E-state index in [-0.39, 0.29) is 12.5 Å². The molecule has 0 spiro atoms. The third kappa shape index (κ3) is 4.46. The van der Waals surface area contributed by atoms with Gasteiger partial charge in [0, 0.05) is 0 Å². The van der Waals surface area contributed by atoms with Crippen LogP contribution in [-0.2, 0) is 9.53 Å². The molecule has 1 aromatic heterocycles. The second-order valence-corrected chi connectivity index (χ2v) is 5.29. The molecule has 2 rings (SSSR count). The zero-order chi connectivity index (χ0) is 16.7. The van der Waals surface area contributed by atoms with E-state index in [4.69, 9.17) is 9.47 Å². The fourth-order valence-corrected chi connectivity index (χ4v) is 2.60. The second kappa shape index (κ2) is 8.19. The number of esters is 1. The van der Waals surface area contributed by atoms with Crippen molar-refractivity contribution in [3.8, 4) is 11.5 Å². The van der Waals surface area contributed by atoms with Crippen LogP contribution in [0.2, 0.25) is 0 Å². The molecule has 6 nitrogen and oxygen atoms in total. The van der Waals surface area contributed by atoms with E-state index in [1.165, 1.54) is 18.4 Å². The Kier molecular flexibility index (Phi) is 5.99. The van der Waals surface area contributed by atoms with Gasteiger partial charge in [-0.2, -0.15) is 0 Å². The monoisotopic (exact) mass is 335 g/mol. The van der Waals surface area contributed by atoms with Gasteiger partial charge in [-0.15, -0.1) is 11.3 Å². The minimum Gasteiger partial charge on any atom is -0.490 e. The van der Waals surface area contributed by atoms with Crippen LogP contribution in [0, 0.1) is 0 Å². The lowest BCUT2D eigenvalue weighted by Crippen LogP contribution is -2.21. The summed E-state index contributed by atoms with van der Waals surface area (Å²) in [6.07, 6.45) is 0. The Labute approximate surface area is 138 Å². The lowest BCUT2D eigenvalue weighted by molar-refractivity contribution is -0.118. The fraction of sp³-hybridized carbons (Fsp3) is 0.250. The summed E-state index contributed by atoms with van der Waals surface area (Å²) in [5.41, 5.74) is 0.411. The van der Waals surface area contributed by atoms with Crippen molar-refractivity contribution in [1.82, 2.24) is 0 Å². The first-order valence-corrected chi connectivity index (χ1v) is 7.84. The van der Waals surface area contributed by atoms with Crippen molar-refractivity contribution in [2.75, 3.05) is 25.6 Å². The van der Waals surface area contributed by atoms with Gasteiger partial charge in [0.15, 0.2) is 18.1 Å². The Balaban J connectivity index is 1.96. The van der Waals surface area contributed by atoms with Gasteiger partial charge in [-0.25, -0.2) is 4.79 Å². The van der Waals surface area contributed by atoms with Gasteiger partial charge in [0.05, 0.1) is 19.4 Å². The Morgan fingerprint density at radius 1 is 1.13 bits per heavy atom. The number of anilines is 1. The average Bonchev–Trinajstić information content (AvgIpc) is 3.01. The SMILES string of the molecule is CCOc1ccccc1OCC(=O)Nc1ccsc1C(=O)OC. The van der Waals surface area contributed by atoms with E-state index in [0.29, 0.717) is 28.7 Å². The van der Waals surface area contributed by atoms with Gasteiger partial charge in [0.2, 0.25) is 0 Å². The number of benzene rings is 1. The molecule has 0 fully saturated rings. The average molecular weight is 335 g/mol. The fourth-order valence-electron chi connectivity index (χ4n) is 1.83. The Bertz CT molecular complexity index is 683. The maximum atomic E-state index is 12.0. The summed E-state index contributed by atoms with van der Waals surface area (Å²) >= 11 is 1.20. The number of ether oxygens (including phenoxy) is 3. The molecule has 1 amide bonds. The summed E-state index contributed by atoms with van der Waals surface area (Å²) in [5.74, 6) is 0.203. The largest absolute Gasteiger partial charge is 0.490 e. The zero-order valence-corrected chi connectivity index (χ0v) is 13.6. The molecule has 1 aromatic carbocycles. The standard InChI is InChI=1S/C16H17NO5S/c1-3-21-12-6-4-5-7-13(12)22-10-14(18)17-11-8-9-23-15(11)16(19)20-2/h4-9H,3,10H2,1-2H3,(H,17,18). The molecular formula is C16H17NO5S. The van der Waals surface area contributed by atoms with Crippen molar-refractivity contribution >= 4 is 28.9 Å². The lowest BCUT2D eigenvalue weighted by Gasteiger charge is -2.11. The number of hydrogen-bond donors (Lipinski definition) is 1. The minimum absolute atomic E-state index is 0.194. The Morgan fingerprint density at radius 3 is 2.48 bits per heavy atom. The van der Waals surface area contributed by atoms with Gasteiger partial charge >= 0.3 is 5.97 Å². The highest BCUT2D eigenvalue weighted by atomic mass is 32.1. The summed E-state index contributed by atoms with van der Waals surface area (Å²) in [6.45, 7) is 2.18. The van der Waals surface area contributed by atoms with Crippen molar-refractivity contribution in [3.05, 3.63) is 40.6 Å². The van der Waals surface area contributed by atoms with Crippen LogP contribution in [0.4, 0.5) is 5.69 Å². The van der Waals surface area contributed by atoms with Crippen LogP contribution in [0.25, 0.3) is 0 Å². The minimum atomic E-state index is -0.488. The van der Waals surface area contributed by atoms with E-state index in [1.807, 2.05) is 13.0 Å². The summed E-state index contributed by atoms with van der Waals surface area (Å²) in [5, 5.41) is 4.33. The molecule has 23 heavy (non-hydrogen) atoms. The molecule has 0 saturated carbocycles. The molecule has 2 aromatic rings. The summed E-state index contributed by atoms with van der Waals surface area (Å²) in [4.78, 5) is 23.9. The van der Waals surface area contributed by atoms with E-state index in [0.717, 1.165) is 0 Å². The normalized spacial score (nSPS) is 10.0. The summed E-state index contributed by atoms with van der Waals surface area (Å²) in [6, 6.07) is 8.76. The van der Waals surface area contributed by atoms with Crippen molar-refractivity contribution in [2.24, 2.45) is 0 Å². The van der Waals surface area contributed by atoms with E-state index < -0.39 is 5.97 Å². The van der Waals surface area contributed by atoms with Crippen LogP contribution in [0.1, 0.15) is 16.6 Å². The Morgan fingerprint density at radius 2 is 1.83 bits per heavy atom. The Hall–Kier alpha value is -2.54. The van der Waals surface area contributed by atoms with Crippen molar-refractivity contribution in [3.63, 3.8) is 0 Å². The maximum Gasteiger partial charge on any atom is 0.350 e. The summed E-state index contributed by atoms with van der Waals surface area (Å²) in [7, 11) is 1.29. The van der Waals surface area contributed by atoms with Gasteiger partial charge in [-0.1, -0.05) is 12.1 Å². The first-order chi connectivity index (χ1) is 11.2. The van der Waals surface area contributed by atoms with Crippen LogP contribution in [-0.4, -0.2) is 32.2 Å². The number of rotatable bonds is 7. The molecule has 122 valence electrons. The predicted molar refractivity (Wildman–Crippen MR) is 87.4 cm³/mol. The van der Waals surface area contributed by atoms with Gasteiger partial charge < -0.3 is 19.5 Å². The van der Waals surface area contributed by atoms with E-state index in [9.17, 15) is 9.59 Å². The molecule has 0 aliphatic carbocycles. The number of carbonyl (C=O) groups excluding carboxylic acids is 2. The van der Waals surface area contributed by atoms with Gasteiger partial charge in [-0.3, -0.25) is 4.79 Å². The quantitative estimate of drug-likeness (QED) is 0.788. The van der Waals surface area contributed by atoms with Crippen LogP contribution in [0.5, 0.6) is 11.5 Å². The number of amides is 1. The highest BCUT2D eigenvalue weighted by Gasteiger charge is 2.16. The van der Waals surface area contributed by atoms with Crippen molar-refractivity contribution in [2.45, 2.75) is 6.92 Å². The number of carbonyl (C=O) groups is 2. The molecule has 0 saturated heterocycles. The van der Waals surface area contributed by atoms with E-state index in [2.05, 4.69) is 10.1 Å². The number of methoxy groups -OCH3 is 1. The molecule has 7 heteroatoms. The van der Waals surface area contributed by atoms with Crippen molar-refractivity contribution < 1.29 is 23.8 Å². The van der Waals surface area contributed by atoms with Crippen LogP contribution in [0.3, 0.4) is 0 Å². The predicted octanol–water partition coefficient (Wildman–Crippen LogP) is 2.95. The highest BCUT2D eigenvalue weighted by molar-refractivity contribution is 7.12. The molecular weight excluding hydrogens is 318 g/mol. The molecule has 0 unspecified atom stereocenters. The molecule has 0 bridgehead atoms. The molecule has 1 heterocycles. The highest BCUT2D eigenvalue weighted by Crippen LogP contribution is 2.26. The zero-order valence-electron chi connectivity index (χ0n) is 12.8. The molecule has 1 N–H and O–H groups in total. The van der Waals surface area contributed by atoms with Gasteiger partial charge in [0.25, 0.3) is 5.91 Å². The molecule has 0 radical (unpaired) electrons. The number of thiophene rings is 1. The third-order valence-electron chi connectivity index (χ3n) is 2.82. The first-order valence-electron chi connectivity index (χ1n) is 6.96. The number of hydrogen-bond acceptors (Lipinski definition) is 6. The topological polar surface area (TPSA) is 73.9 Å². The lowest BCUT2D eigenvalue weighted by atomic mass is 10.3. The second-order valence-electron chi connectivity index (χ2n) is 4.37. The van der Waals surface area contributed by atoms with Crippen LogP contribution < -0.4 is 14.8 Å². The first kappa shape index (κ1) is 16.8. The third-order valence-corrected chi connectivity index (χ3v) is 3.71. The number of para-hydroxylation sites is 2. The molecule has 0 aliphatic rings.